The van der Waals surface area contributed by atoms with Gasteiger partial charge in [0.25, 0.3) is 5.91 Å². The molecule has 29 heavy (non-hydrogen) atoms. The van der Waals surface area contributed by atoms with E-state index in [-0.39, 0.29) is 10.6 Å². The van der Waals surface area contributed by atoms with E-state index in [4.69, 9.17) is 4.74 Å². The van der Waals surface area contributed by atoms with E-state index in [0.717, 1.165) is 9.13 Å². The smallest absolute Gasteiger partial charge is 0.339 e. The lowest BCUT2D eigenvalue weighted by Gasteiger charge is -2.13. The number of carboxylic acids is 1. The van der Waals surface area contributed by atoms with Crippen molar-refractivity contribution in [3.63, 3.8) is 0 Å². The van der Waals surface area contributed by atoms with Crippen molar-refractivity contribution in [1.82, 2.24) is 0 Å². The minimum atomic E-state index is -1.11. The van der Waals surface area contributed by atoms with Gasteiger partial charge in [-0.25, -0.2) is 4.79 Å². The SMILES string of the molecule is COc1cc(Br)c(C(=O)Nc2scc(-c3cccc(I)c3)c2C(=O)O)c(Br)c1Br. The van der Waals surface area contributed by atoms with E-state index < -0.39 is 11.9 Å². The number of benzene rings is 2. The van der Waals surface area contributed by atoms with E-state index in [1.807, 2.05) is 24.3 Å². The number of rotatable bonds is 5. The fraction of sp³-hybridized carbons (Fsp3) is 0.0526. The van der Waals surface area contributed by atoms with Crippen LogP contribution in [-0.2, 0) is 0 Å². The molecule has 2 aromatic carbocycles. The number of anilines is 1. The predicted octanol–water partition coefficient (Wildman–Crippen LogP) is 7.27. The van der Waals surface area contributed by atoms with E-state index >= 15 is 0 Å². The molecule has 0 saturated carbocycles. The Morgan fingerprint density at radius 3 is 2.48 bits per heavy atom. The lowest BCUT2D eigenvalue weighted by molar-refractivity contribution is 0.0699. The molecular weight excluding hydrogens is 705 g/mol. The Bertz CT molecular complexity index is 1130. The Morgan fingerprint density at radius 2 is 1.86 bits per heavy atom. The maximum atomic E-state index is 13.0. The van der Waals surface area contributed by atoms with Crippen molar-refractivity contribution in [3.8, 4) is 16.9 Å². The summed E-state index contributed by atoms with van der Waals surface area (Å²) in [7, 11) is 1.52. The first-order valence-corrected chi connectivity index (χ1v) is 12.2. The molecule has 0 unspecified atom stereocenters. The molecule has 1 heterocycles. The van der Waals surface area contributed by atoms with E-state index in [2.05, 4.69) is 75.7 Å². The number of aromatic carboxylic acids is 1. The zero-order valence-electron chi connectivity index (χ0n) is 14.6. The first-order valence-electron chi connectivity index (χ1n) is 7.88. The fourth-order valence-electron chi connectivity index (χ4n) is 2.63. The van der Waals surface area contributed by atoms with E-state index in [0.29, 0.717) is 30.3 Å². The number of carbonyl (C=O) groups is 2. The highest BCUT2D eigenvalue weighted by atomic mass is 127. The van der Waals surface area contributed by atoms with Crippen molar-refractivity contribution in [1.29, 1.82) is 0 Å². The summed E-state index contributed by atoms with van der Waals surface area (Å²) < 4.78 is 7.83. The second-order valence-electron chi connectivity index (χ2n) is 5.69. The number of carboxylic acid groups (broad SMARTS) is 1. The molecule has 0 bridgehead atoms. The van der Waals surface area contributed by atoms with E-state index in [9.17, 15) is 14.7 Å². The molecule has 0 radical (unpaired) electrons. The molecule has 10 heteroatoms. The van der Waals surface area contributed by atoms with Crippen LogP contribution in [0.3, 0.4) is 0 Å². The molecule has 3 aromatic rings. The molecule has 3 rings (SSSR count). The summed E-state index contributed by atoms with van der Waals surface area (Å²) in [5, 5.41) is 14.5. The molecule has 0 fully saturated rings. The van der Waals surface area contributed by atoms with Crippen LogP contribution in [0.15, 0.2) is 49.1 Å². The second kappa shape index (κ2) is 9.46. The number of ether oxygens (including phenoxy) is 1. The molecule has 0 atom stereocenters. The third kappa shape index (κ3) is 4.71. The van der Waals surface area contributed by atoms with Crippen molar-refractivity contribution in [2.24, 2.45) is 0 Å². The summed E-state index contributed by atoms with van der Waals surface area (Å²) in [5.41, 5.74) is 1.72. The number of thiophene rings is 1. The fourth-order valence-corrected chi connectivity index (χ4v) is 6.04. The van der Waals surface area contributed by atoms with Gasteiger partial charge < -0.3 is 15.2 Å². The predicted molar refractivity (Wildman–Crippen MR) is 133 cm³/mol. The first kappa shape index (κ1) is 22.7. The molecule has 0 aliphatic rings. The molecule has 0 spiro atoms. The van der Waals surface area contributed by atoms with Gasteiger partial charge in [0.05, 0.1) is 17.1 Å². The van der Waals surface area contributed by atoms with Crippen molar-refractivity contribution in [2.75, 3.05) is 12.4 Å². The Balaban J connectivity index is 2.03. The van der Waals surface area contributed by atoms with Gasteiger partial charge in [0.2, 0.25) is 0 Å². The van der Waals surface area contributed by atoms with Crippen LogP contribution >= 0.6 is 81.7 Å². The van der Waals surface area contributed by atoms with E-state index in [1.54, 1.807) is 11.4 Å². The Hall–Kier alpha value is -0.950. The van der Waals surface area contributed by atoms with Gasteiger partial charge in [-0.2, -0.15) is 0 Å². The van der Waals surface area contributed by atoms with Crippen LogP contribution in [-0.4, -0.2) is 24.1 Å². The van der Waals surface area contributed by atoms with E-state index in [1.165, 1.54) is 18.4 Å². The monoisotopic (exact) mass is 713 g/mol. The summed E-state index contributed by atoms with van der Waals surface area (Å²) in [6.45, 7) is 0. The quantitative estimate of drug-likeness (QED) is 0.216. The minimum Gasteiger partial charge on any atom is -0.495 e. The number of nitrogens with one attached hydrogen (secondary N) is 1. The van der Waals surface area contributed by atoms with Crippen molar-refractivity contribution < 1.29 is 19.4 Å². The van der Waals surface area contributed by atoms with Crippen LogP contribution in [0.2, 0.25) is 0 Å². The molecule has 2 N–H and O–H groups in total. The first-order chi connectivity index (χ1) is 13.7. The average molecular weight is 716 g/mol. The zero-order chi connectivity index (χ0) is 21.3. The molecule has 0 aliphatic heterocycles. The largest absolute Gasteiger partial charge is 0.495 e. The standard InChI is InChI=1S/C19H11Br3INO4S/c1-28-12-6-11(20)14(16(22)15(12)21)17(25)24-18-13(19(26)27)10(7-29-18)8-3-2-4-9(23)5-8/h2-7H,1H3,(H,24,25)(H,26,27). The third-order valence-electron chi connectivity index (χ3n) is 3.94. The number of hydrogen-bond acceptors (Lipinski definition) is 4. The second-order valence-corrected chi connectivity index (χ2v) is 10.3. The minimum absolute atomic E-state index is 0.0603. The Kier molecular flexibility index (Phi) is 7.41. The Morgan fingerprint density at radius 1 is 1.14 bits per heavy atom. The van der Waals surface area contributed by atoms with Gasteiger partial charge in [-0.1, -0.05) is 12.1 Å². The summed E-state index contributed by atoms with van der Waals surface area (Å²) >= 11 is 13.5. The van der Waals surface area contributed by atoms with Crippen LogP contribution in [0, 0.1) is 3.57 Å². The third-order valence-corrected chi connectivity index (χ3v) is 8.24. The van der Waals surface area contributed by atoms with Gasteiger partial charge in [0.15, 0.2) is 0 Å². The highest BCUT2D eigenvalue weighted by Crippen LogP contribution is 2.41. The van der Waals surface area contributed by atoms with Gasteiger partial charge in [0, 0.05) is 23.5 Å². The summed E-state index contributed by atoms with van der Waals surface area (Å²) in [4.78, 5) is 24.9. The highest BCUT2D eigenvalue weighted by molar-refractivity contribution is 14.1. The van der Waals surface area contributed by atoms with Crippen LogP contribution in [0.4, 0.5) is 5.00 Å². The summed E-state index contributed by atoms with van der Waals surface area (Å²) in [6, 6.07) is 9.19. The zero-order valence-corrected chi connectivity index (χ0v) is 22.3. The maximum Gasteiger partial charge on any atom is 0.339 e. The highest BCUT2D eigenvalue weighted by Gasteiger charge is 2.25. The number of methoxy groups -OCH3 is 1. The molecule has 1 aromatic heterocycles. The van der Waals surface area contributed by atoms with Gasteiger partial charge in [-0.3, -0.25) is 4.79 Å². The van der Waals surface area contributed by atoms with Crippen LogP contribution in [0.5, 0.6) is 5.75 Å². The van der Waals surface area contributed by atoms with Gasteiger partial charge in [-0.05, 0) is 94.1 Å². The lowest BCUT2D eigenvalue weighted by Crippen LogP contribution is -2.15. The number of carbonyl (C=O) groups excluding carboxylic acids is 1. The number of hydrogen-bond donors (Lipinski definition) is 2. The van der Waals surface area contributed by atoms with Gasteiger partial charge in [-0.15, -0.1) is 11.3 Å². The summed E-state index contributed by atoms with van der Waals surface area (Å²) in [5.74, 6) is -1.02. The van der Waals surface area contributed by atoms with Crippen LogP contribution in [0.1, 0.15) is 20.7 Å². The molecular formula is C19H11Br3INO4S. The normalized spacial score (nSPS) is 10.7. The molecule has 1 amide bonds. The van der Waals surface area contributed by atoms with Crippen molar-refractivity contribution >= 4 is 98.6 Å². The average Bonchev–Trinajstić information content (AvgIpc) is 3.08. The summed E-state index contributed by atoms with van der Waals surface area (Å²) in [6.07, 6.45) is 0. The number of halogens is 4. The molecule has 0 saturated heterocycles. The molecule has 150 valence electrons. The van der Waals surface area contributed by atoms with Crippen molar-refractivity contribution in [3.05, 3.63) is 63.8 Å². The van der Waals surface area contributed by atoms with Gasteiger partial charge >= 0.3 is 5.97 Å². The molecule has 0 aliphatic carbocycles. The topological polar surface area (TPSA) is 75.6 Å². The van der Waals surface area contributed by atoms with Crippen molar-refractivity contribution in [2.45, 2.75) is 0 Å². The maximum absolute atomic E-state index is 13.0. The van der Waals surface area contributed by atoms with Crippen LogP contribution < -0.4 is 10.1 Å². The molecule has 5 nitrogen and oxygen atoms in total. The Labute approximate surface area is 209 Å². The lowest BCUT2D eigenvalue weighted by atomic mass is 10.0. The van der Waals surface area contributed by atoms with Crippen LogP contribution in [0.25, 0.3) is 11.1 Å². The number of amides is 1. The van der Waals surface area contributed by atoms with Gasteiger partial charge in [0.1, 0.15) is 16.3 Å².